The van der Waals surface area contributed by atoms with Crippen LogP contribution in [0.1, 0.15) is 27.7 Å². The summed E-state index contributed by atoms with van der Waals surface area (Å²) in [4.78, 5) is 12.4. The average Bonchev–Trinajstić information content (AvgIpc) is 1.99. The Bertz CT molecular complexity index is 171. The summed E-state index contributed by atoms with van der Waals surface area (Å²) >= 11 is 11.1. The molecular weight excluding hydrogens is 221 g/mol. The van der Waals surface area contributed by atoms with Crippen LogP contribution in [0.4, 0.5) is 0 Å². The zero-order chi connectivity index (χ0) is 11.3. The minimum absolute atomic E-state index is 0.185. The van der Waals surface area contributed by atoms with Crippen molar-refractivity contribution in [1.29, 1.82) is 0 Å². The highest BCUT2D eigenvalue weighted by atomic mass is 35.5. The van der Waals surface area contributed by atoms with Gasteiger partial charge in [0.1, 0.15) is 0 Å². The molecule has 0 aliphatic carbocycles. The monoisotopic (exact) mass is 239 g/mol. The molecule has 0 aliphatic rings. The van der Waals surface area contributed by atoms with E-state index in [1.54, 1.807) is 4.90 Å². The van der Waals surface area contributed by atoms with E-state index >= 15 is 0 Å². The van der Waals surface area contributed by atoms with Gasteiger partial charge in [-0.2, -0.15) is 0 Å². The Balaban J connectivity index is 4.31. The van der Waals surface area contributed by atoms with E-state index in [1.165, 1.54) is 0 Å². The molecule has 84 valence electrons. The smallest absolute Gasteiger partial charge is 0.255 e. The van der Waals surface area contributed by atoms with Crippen LogP contribution in [0, 0.1) is 11.8 Å². The largest absolute Gasteiger partial charge is 0.340 e. The van der Waals surface area contributed by atoms with E-state index < -0.39 is 4.84 Å². The normalized spacial score (nSPS) is 11.5. The number of amides is 1. The predicted molar refractivity (Wildman–Crippen MR) is 61.8 cm³/mol. The first kappa shape index (κ1) is 14.1. The van der Waals surface area contributed by atoms with Crippen LogP contribution >= 0.6 is 23.2 Å². The lowest BCUT2D eigenvalue weighted by Crippen LogP contribution is -2.39. The molecule has 0 unspecified atom stereocenters. The number of alkyl halides is 2. The van der Waals surface area contributed by atoms with Crippen molar-refractivity contribution >= 4 is 29.1 Å². The van der Waals surface area contributed by atoms with Gasteiger partial charge in [0.15, 0.2) is 4.84 Å². The van der Waals surface area contributed by atoms with Crippen molar-refractivity contribution in [3.63, 3.8) is 0 Å². The predicted octanol–water partition coefficient (Wildman–Crippen LogP) is 2.93. The summed E-state index contributed by atoms with van der Waals surface area (Å²) in [5.74, 6) is 0.685. The number of halogens is 2. The summed E-state index contributed by atoms with van der Waals surface area (Å²) in [7, 11) is 0. The van der Waals surface area contributed by atoms with Crippen molar-refractivity contribution in [2.24, 2.45) is 11.8 Å². The third kappa shape index (κ3) is 5.71. The zero-order valence-corrected chi connectivity index (χ0v) is 10.8. The Morgan fingerprint density at radius 1 is 1.07 bits per heavy atom. The van der Waals surface area contributed by atoms with Gasteiger partial charge in [-0.15, -0.1) is 0 Å². The van der Waals surface area contributed by atoms with Gasteiger partial charge in [-0.1, -0.05) is 50.9 Å². The fourth-order valence-electron chi connectivity index (χ4n) is 1.27. The molecular formula is C10H19Cl2NO. The van der Waals surface area contributed by atoms with Crippen molar-refractivity contribution in [2.75, 3.05) is 13.1 Å². The van der Waals surface area contributed by atoms with Crippen molar-refractivity contribution < 1.29 is 4.79 Å². The number of carbonyl (C=O) groups excluding carboxylic acids is 1. The van der Waals surface area contributed by atoms with E-state index in [0.717, 1.165) is 0 Å². The van der Waals surface area contributed by atoms with E-state index in [4.69, 9.17) is 23.2 Å². The molecule has 0 saturated carbocycles. The topological polar surface area (TPSA) is 20.3 Å². The summed E-state index contributed by atoms with van der Waals surface area (Å²) in [5.41, 5.74) is 0. The molecule has 2 nitrogen and oxygen atoms in total. The summed E-state index contributed by atoms with van der Waals surface area (Å²) in [6, 6.07) is 0. The number of hydrogen-bond acceptors (Lipinski definition) is 1. The molecule has 0 aliphatic heterocycles. The summed E-state index contributed by atoms with van der Waals surface area (Å²) in [6.45, 7) is 9.70. The van der Waals surface area contributed by atoms with Crippen LogP contribution in [0.3, 0.4) is 0 Å². The van der Waals surface area contributed by atoms with E-state index in [1.807, 2.05) is 0 Å². The third-order valence-electron chi connectivity index (χ3n) is 1.67. The van der Waals surface area contributed by atoms with E-state index in [9.17, 15) is 4.79 Å². The molecule has 0 N–H and O–H groups in total. The molecule has 1 amide bonds. The Hall–Kier alpha value is 0.0500. The van der Waals surface area contributed by atoms with Crippen LogP contribution in [0.5, 0.6) is 0 Å². The average molecular weight is 240 g/mol. The first-order valence-corrected chi connectivity index (χ1v) is 5.78. The van der Waals surface area contributed by atoms with Gasteiger partial charge in [0, 0.05) is 13.1 Å². The number of hydrogen-bond donors (Lipinski definition) is 0. The van der Waals surface area contributed by atoms with Crippen LogP contribution in [0.15, 0.2) is 0 Å². The highest BCUT2D eigenvalue weighted by Gasteiger charge is 2.21. The van der Waals surface area contributed by atoms with E-state index in [2.05, 4.69) is 27.7 Å². The minimum atomic E-state index is -0.937. The number of nitrogens with zero attached hydrogens (tertiary/aromatic N) is 1. The lowest BCUT2D eigenvalue weighted by atomic mass is 10.1. The molecule has 0 aromatic heterocycles. The quantitative estimate of drug-likeness (QED) is 0.676. The number of carbonyl (C=O) groups is 1. The maximum atomic E-state index is 11.6. The first-order chi connectivity index (χ1) is 6.34. The molecule has 14 heavy (non-hydrogen) atoms. The van der Waals surface area contributed by atoms with Crippen LogP contribution in [0.25, 0.3) is 0 Å². The minimum Gasteiger partial charge on any atom is -0.340 e. The van der Waals surface area contributed by atoms with Gasteiger partial charge in [-0.25, -0.2) is 0 Å². The standard InChI is InChI=1S/C10H19Cl2NO/c1-7(2)5-13(6-8(3)4)10(14)9(11)12/h7-9H,5-6H2,1-4H3. The van der Waals surface area contributed by atoms with Gasteiger partial charge in [0.25, 0.3) is 5.91 Å². The Morgan fingerprint density at radius 3 is 1.64 bits per heavy atom. The molecule has 0 atom stereocenters. The van der Waals surface area contributed by atoms with E-state index in [-0.39, 0.29) is 5.91 Å². The molecule has 0 saturated heterocycles. The summed E-state index contributed by atoms with van der Waals surface area (Å²) < 4.78 is 0. The second kappa shape index (κ2) is 6.52. The zero-order valence-electron chi connectivity index (χ0n) is 9.26. The molecule has 0 bridgehead atoms. The van der Waals surface area contributed by atoms with Crippen LogP contribution in [0.2, 0.25) is 0 Å². The van der Waals surface area contributed by atoms with Crippen molar-refractivity contribution in [1.82, 2.24) is 4.90 Å². The Morgan fingerprint density at radius 2 is 1.43 bits per heavy atom. The molecule has 0 radical (unpaired) electrons. The van der Waals surface area contributed by atoms with Gasteiger partial charge in [-0.3, -0.25) is 4.79 Å². The lowest BCUT2D eigenvalue weighted by Gasteiger charge is -2.26. The van der Waals surface area contributed by atoms with Crippen molar-refractivity contribution in [3.8, 4) is 0 Å². The summed E-state index contributed by atoms with van der Waals surface area (Å²) in [5, 5.41) is 0. The molecule has 0 spiro atoms. The maximum Gasteiger partial charge on any atom is 0.255 e. The molecule has 0 fully saturated rings. The lowest BCUT2D eigenvalue weighted by molar-refractivity contribution is -0.130. The molecule has 0 heterocycles. The second-order valence-corrected chi connectivity index (χ2v) is 5.43. The fraction of sp³-hybridized carbons (Fsp3) is 0.900. The van der Waals surface area contributed by atoms with Gasteiger partial charge >= 0.3 is 0 Å². The SMILES string of the molecule is CC(C)CN(CC(C)C)C(=O)C(Cl)Cl. The van der Waals surface area contributed by atoms with Crippen LogP contribution in [-0.4, -0.2) is 28.7 Å². The van der Waals surface area contributed by atoms with Gasteiger partial charge in [0.05, 0.1) is 0 Å². The van der Waals surface area contributed by atoms with Crippen molar-refractivity contribution in [2.45, 2.75) is 32.5 Å². The summed E-state index contributed by atoms with van der Waals surface area (Å²) in [6.07, 6.45) is 0. The molecule has 4 heteroatoms. The third-order valence-corrected chi connectivity index (χ3v) is 2.04. The van der Waals surface area contributed by atoms with Crippen molar-refractivity contribution in [3.05, 3.63) is 0 Å². The second-order valence-electron chi connectivity index (χ2n) is 4.33. The molecule has 0 aromatic rings. The highest BCUT2D eigenvalue weighted by Crippen LogP contribution is 2.11. The maximum absolute atomic E-state index is 11.6. The van der Waals surface area contributed by atoms with Gasteiger partial charge in [-0.05, 0) is 11.8 Å². The first-order valence-electron chi connectivity index (χ1n) is 4.91. The molecule has 0 aromatic carbocycles. The number of rotatable bonds is 5. The fourth-order valence-corrected chi connectivity index (χ4v) is 1.55. The molecule has 0 rings (SSSR count). The highest BCUT2D eigenvalue weighted by molar-refractivity contribution is 6.53. The Labute approximate surface area is 96.6 Å². The van der Waals surface area contributed by atoms with Gasteiger partial charge < -0.3 is 4.90 Å². The van der Waals surface area contributed by atoms with Crippen LogP contribution < -0.4 is 0 Å². The van der Waals surface area contributed by atoms with E-state index in [0.29, 0.717) is 24.9 Å². The van der Waals surface area contributed by atoms with Gasteiger partial charge in [0.2, 0.25) is 0 Å². The van der Waals surface area contributed by atoms with Crippen LogP contribution in [-0.2, 0) is 4.79 Å². The Kier molecular flexibility index (Phi) is 6.54.